The molecule has 1 atom stereocenters. The topological polar surface area (TPSA) is 12.9 Å². The highest BCUT2D eigenvalue weighted by molar-refractivity contribution is 7.18. The minimum Gasteiger partial charge on any atom is -0.241 e. The summed E-state index contributed by atoms with van der Waals surface area (Å²) in [6.45, 7) is 2.22. The number of nitrogens with zero attached hydrogens (tertiary/aromatic N) is 1. The molecule has 0 aliphatic carbocycles. The maximum atomic E-state index is 4.71. The van der Waals surface area contributed by atoms with Crippen LogP contribution in [-0.4, -0.2) is 4.98 Å². The second-order valence-electron chi connectivity index (χ2n) is 4.15. The maximum Gasteiger partial charge on any atom is 0.101 e. The van der Waals surface area contributed by atoms with Gasteiger partial charge in [-0.15, -0.1) is 11.3 Å². The number of rotatable bonds is 2. The summed E-state index contributed by atoms with van der Waals surface area (Å²) >= 11 is 1.79. The number of hydrogen-bond acceptors (Lipinski definition) is 2. The number of aromatic nitrogens is 1. The van der Waals surface area contributed by atoms with Gasteiger partial charge in [0.05, 0.1) is 10.2 Å². The van der Waals surface area contributed by atoms with Crippen LogP contribution in [-0.2, 0) is 0 Å². The molecule has 0 fully saturated rings. The lowest BCUT2D eigenvalue weighted by molar-refractivity contribution is 0.910. The second-order valence-corrected chi connectivity index (χ2v) is 5.21. The molecule has 0 aliphatic heterocycles. The van der Waals surface area contributed by atoms with Crippen LogP contribution in [0.25, 0.3) is 10.2 Å². The molecule has 2 aromatic carbocycles. The van der Waals surface area contributed by atoms with Crippen molar-refractivity contribution in [2.45, 2.75) is 12.8 Å². The first-order chi connectivity index (χ1) is 8.34. The van der Waals surface area contributed by atoms with Gasteiger partial charge in [-0.05, 0) is 17.7 Å². The van der Waals surface area contributed by atoms with E-state index >= 15 is 0 Å². The fourth-order valence-corrected chi connectivity index (χ4v) is 3.01. The van der Waals surface area contributed by atoms with E-state index < -0.39 is 0 Å². The van der Waals surface area contributed by atoms with Crippen LogP contribution in [0.2, 0.25) is 0 Å². The zero-order valence-electron chi connectivity index (χ0n) is 9.63. The summed E-state index contributed by atoms with van der Waals surface area (Å²) in [6.07, 6.45) is 0. The highest BCUT2D eigenvalue weighted by Crippen LogP contribution is 2.31. The molecule has 0 spiro atoms. The van der Waals surface area contributed by atoms with Crippen molar-refractivity contribution in [3.63, 3.8) is 0 Å². The summed E-state index contributed by atoms with van der Waals surface area (Å²) in [6, 6.07) is 18.9. The molecule has 0 bridgehead atoms. The lowest BCUT2D eigenvalue weighted by Gasteiger charge is -2.07. The van der Waals surface area contributed by atoms with Crippen molar-refractivity contribution in [2.24, 2.45) is 0 Å². The van der Waals surface area contributed by atoms with Gasteiger partial charge in [0.15, 0.2) is 0 Å². The third-order valence-electron chi connectivity index (χ3n) is 2.98. The van der Waals surface area contributed by atoms with Crippen molar-refractivity contribution in [3.05, 3.63) is 65.2 Å². The second kappa shape index (κ2) is 4.30. The van der Waals surface area contributed by atoms with Gasteiger partial charge >= 0.3 is 0 Å². The van der Waals surface area contributed by atoms with Crippen LogP contribution in [0, 0.1) is 0 Å². The highest BCUT2D eigenvalue weighted by Gasteiger charge is 2.12. The van der Waals surface area contributed by atoms with Gasteiger partial charge < -0.3 is 0 Å². The number of fused-ring (bicyclic) bond motifs is 1. The number of hydrogen-bond donors (Lipinski definition) is 0. The van der Waals surface area contributed by atoms with E-state index in [2.05, 4.69) is 55.5 Å². The summed E-state index contributed by atoms with van der Waals surface area (Å²) in [4.78, 5) is 4.71. The zero-order chi connectivity index (χ0) is 11.7. The van der Waals surface area contributed by atoms with E-state index in [4.69, 9.17) is 4.98 Å². The summed E-state index contributed by atoms with van der Waals surface area (Å²) in [5.74, 6) is 0.369. The molecule has 1 nitrogen and oxygen atoms in total. The van der Waals surface area contributed by atoms with Gasteiger partial charge in [-0.25, -0.2) is 4.98 Å². The number of para-hydroxylation sites is 1. The Morgan fingerprint density at radius 2 is 1.65 bits per heavy atom. The first-order valence-corrected chi connectivity index (χ1v) is 6.56. The molecule has 0 amide bonds. The van der Waals surface area contributed by atoms with Crippen LogP contribution in [0.1, 0.15) is 23.4 Å². The Bertz CT molecular complexity index is 594. The molecule has 3 aromatic rings. The van der Waals surface area contributed by atoms with Crippen molar-refractivity contribution < 1.29 is 0 Å². The van der Waals surface area contributed by atoms with Gasteiger partial charge in [-0.1, -0.05) is 49.4 Å². The summed E-state index contributed by atoms with van der Waals surface area (Å²) < 4.78 is 1.27. The zero-order valence-corrected chi connectivity index (χ0v) is 10.4. The van der Waals surface area contributed by atoms with E-state index in [0.717, 1.165) is 5.52 Å². The predicted octanol–water partition coefficient (Wildman–Crippen LogP) is 4.45. The lowest BCUT2D eigenvalue weighted by atomic mass is 10.0. The van der Waals surface area contributed by atoms with Crippen LogP contribution < -0.4 is 0 Å². The molecule has 0 aliphatic rings. The van der Waals surface area contributed by atoms with Crippen molar-refractivity contribution in [2.75, 3.05) is 0 Å². The summed E-state index contributed by atoms with van der Waals surface area (Å²) in [7, 11) is 0. The molecule has 17 heavy (non-hydrogen) atoms. The van der Waals surface area contributed by atoms with Gasteiger partial charge in [0.2, 0.25) is 0 Å². The minimum absolute atomic E-state index is 0.369. The Labute approximate surface area is 105 Å². The van der Waals surface area contributed by atoms with Gasteiger partial charge in [-0.3, -0.25) is 0 Å². The molecular weight excluding hydrogens is 226 g/mol. The van der Waals surface area contributed by atoms with E-state index in [1.54, 1.807) is 11.3 Å². The van der Waals surface area contributed by atoms with Gasteiger partial charge in [0.1, 0.15) is 5.01 Å². The van der Waals surface area contributed by atoms with E-state index in [0.29, 0.717) is 5.92 Å². The highest BCUT2D eigenvalue weighted by atomic mass is 32.1. The molecule has 0 unspecified atom stereocenters. The predicted molar refractivity (Wildman–Crippen MR) is 73.6 cm³/mol. The molecule has 1 aromatic heterocycles. The molecule has 3 rings (SSSR count). The molecular formula is C15H13NS. The van der Waals surface area contributed by atoms with Gasteiger partial charge in [-0.2, -0.15) is 0 Å². The molecule has 2 heteroatoms. The Morgan fingerprint density at radius 1 is 0.941 bits per heavy atom. The summed E-state index contributed by atoms with van der Waals surface area (Å²) in [5.41, 5.74) is 2.43. The Hall–Kier alpha value is -1.67. The molecule has 1 heterocycles. The van der Waals surface area contributed by atoms with E-state index in [-0.39, 0.29) is 0 Å². The molecule has 0 radical (unpaired) electrons. The Morgan fingerprint density at radius 3 is 2.41 bits per heavy atom. The van der Waals surface area contributed by atoms with Crippen LogP contribution in [0.3, 0.4) is 0 Å². The molecule has 0 saturated carbocycles. The monoisotopic (exact) mass is 239 g/mol. The maximum absolute atomic E-state index is 4.71. The number of benzene rings is 2. The Kier molecular flexibility index (Phi) is 2.65. The van der Waals surface area contributed by atoms with Crippen molar-refractivity contribution in [1.29, 1.82) is 0 Å². The Balaban J connectivity index is 2.04. The minimum atomic E-state index is 0.369. The third kappa shape index (κ3) is 1.96. The fourth-order valence-electron chi connectivity index (χ4n) is 1.96. The lowest BCUT2D eigenvalue weighted by Crippen LogP contribution is -1.94. The number of thiazole rings is 1. The third-order valence-corrected chi connectivity index (χ3v) is 4.20. The van der Waals surface area contributed by atoms with Gasteiger partial charge in [0, 0.05) is 5.92 Å². The van der Waals surface area contributed by atoms with Crippen molar-refractivity contribution >= 4 is 21.6 Å². The van der Waals surface area contributed by atoms with E-state index in [9.17, 15) is 0 Å². The fraction of sp³-hybridized carbons (Fsp3) is 0.133. The normalized spacial score (nSPS) is 12.8. The van der Waals surface area contributed by atoms with Crippen molar-refractivity contribution in [3.8, 4) is 0 Å². The average Bonchev–Trinajstić information content (AvgIpc) is 2.82. The van der Waals surface area contributed by atoms with Gasteiger partial charge in [0.25, 0.3) is 0 Å². The van der Waals surface area contributed by atoms with Crippen LogP contribution in [0.5, 0.6) is 0 Å². The van der Waals surface area contributed by atoms with Crippen molar-refractivity contribution in [1.82, 2.24) is 4.98 Å². The quantitative estimate of drug-likeness (QED) is 0.644. The van der Waals surface area contributed by atoms with Crippen LogP contribution in [0.4, 0.5) is 0 Å². The molecule has 0 saturated heterocycles. The molecule has 0 N–H and O–H groups in total. The molecule has 84 valence electrons. The van der Waals surface area contributed by atoms with Crippen LogP contribution in [0.15, 0.2) is 54.6 Å². The standard InChI is InChI=1S/C15H13NS/c1-11(12-7-3-2-4-8-12)15-16-13-9-5-6-10-14(13)17-15/h2-11H,1H3/t11-/m0/s1. The largest absolute Gasteiger partial charge is 0.241 e. The van der Waals surface area contributed by atoms with E-state index in [1.807, 2.05) is 6.07 Å². The smallest absolute Gasteiger partial charge is 0.101 e. The first kappa shape index (κ1) is 10.5. The van der Waals surface area contributed by atoms with E-state index in [1.165, 1.54) is 15.3 Å². The summed E-state index contributed by atoms with van der Waals surface area (Å²) in [5, 5.41) is 1.19. The van der Waals surface area contributed by atoms with Crippen LogP contribution >= 0.6 is 11.3 Å². The SMILES string of the molecule is C[C@@H](c1ccccc1)c1nc2ccccc2s1. The average molecular weight is 239 g/mol. The first-order valence-electron chi connectivity index (χ1n) is 5.75.